The monoisotopic (exact) mass is 238 g/mol. The molecule has 2 aromatic carbocycles. The van der Waals surface area contributed by atoms with Crippen molar-refractivity contribution in [3.05, 3.63) is 59.7 Å². The number of carbonyl (C=O) groups excluding carboxylic acids is 1. The number of fused-ring (bicyclic) bond motifs is 3. The Kier molecular flexibility index (Phi) is 2.63. The van der Waals surface area contributed by atoms with E-state index in [4.69, 9.17) is 4.74 Å². The predicted octanol–water partition coefficient (Wildman–Crippen LogP) is 3.17. The molecule has 1 aliphatic rings. The fraction of sp³-hybridized carbons (Fsp3) is 0.188. The van der Waals surface area contributed by atoms with E-state index in [1.807, 2.05) is 30.3 Å². The molecule has 0 amide bonds. The maximum absolute atomic E-state index is 11.9. The van der Waals surface area contributed by atoms with Crippen LogP contribution in [0.4, 0.5) is 0 Å². The maximum atomic E-state index is 11.9. The Morgan fingerprint density at radius 3 is 2.50 bits per heavy atom. The average Bonchev–Trinajstić information content (AvgIpc) is 2.45. The topological polar surface area (TPSA) is 26.3 Å². The molecule has 0 spiro atoms. The van der Waals surface area contributed by atoms with Gasteiger partial charge in [0.2, 0.25) is 0 Å². The van der Waals surface area contributed by atoms with Gasteiger partial charge in [0.15, 0.2) is 0 Å². The number of rotatable bonds is 1. The summed E-state index contributed by atoms with van der Waals surface area (Å²) in [4.78, 5) is 11.9. The molecule has 0 heterocycles. The number of hydrogen-bond acceptors (Lipinski definition) is 2. The van der Waals surface area contributed by atoms with Crippen molar-refractivity contribution in [1.82, 2.24) is 0 Å². The van der Waals surface area contributed by atoms with Crippen LogP contribution in [0.15, 0.2) is 48.5 Å². The first-order chi connectivity index (χ1) is 8.81. The van der Waals surface area contributed by atoms with Gasteiger partial charge in [-0.1, -0.05) is 48.5 Å². The van der Waals surface area contributed by atoms with Crippen molar-refractivity contribution < 1.29 is 9.53 Å². The normalized spacial score (nSPS) is 16.6. The molecule has 0 bridgehead atoms. The Hall–Kier alpha value is -2.09. The molecule has 18 heavy (non-hydrogen) atoms. The molecule has 3 rings (SSSR count). The first-order valence-electron chi connectivity index (χ1n) is 6.06. The highest BCUT2D eigenvalue weighted by Crippen LogP contribution is 2.39. The third kappa shape index (κ3) is 1.61. The molecule has 0 saturated heterocycles. The van der Waals surface area contributed by atoms with Crippen LogP contribution in [0, 0.1) is 0 Å². The van der Waals surface area contributed by atoms with Gasteiger partial charge < -0.3 is 4.74 Å². The van der Waals surface area contributed by atoms with Crippen LogP contribution in [0.3, 0.4) is 0 Å². The highest BCUT2D eigenvalue weighted by atomic mass is 16.5. The van der Waals surface area contributed by atoms with Crippen molar-refractivity contribution in [2.75, 3.05) is 7.11 Å². The molecule has 1 aliphatic carbocycles. The zero-order chi connectivity index (χ0) is 12.5. The standard InChI is InChI=1S/C16H14O2/c1-18-16(17)15-10-11-6-2-3-7-12(11)13-8-4-5-9-14(13)15/h2-9,15H,10H2,1H3. The number of esters is 1. The molecule has 0 N–H and O–H groups in total. The first kappa shape index (κ1) is 11.0. The summed E-state index contributed by atoms with van der Waals surface area (Å²) in [5.41, 5.74) is 4.66. The Bertz CT molecular complexity index is 602. The van der Waals surface area contributed by atoms with Crippen molar-refractivity contribution in [3.8, 4) is 11.1 Å². The minimum Gasteiger partial charge on any atom is -0.469 e. The largest absolute Gasteiger partial charge is 0.469 e. The van der Waals surface area contributed by atoms with Gasteiger partial charge in [-0.3, -0.25) is 4.79 Å². The van der Waals surface area contributed by atoms with Crippen LogP contribution in [0.25, 0.3) is 11.1 Å². The van der Waals surface area contributed by atoms with Crippen LogP contribution >= 0.6 is 0 Å². The quantitative estimate of drug-likeness (QED) is 0.713. The van der Waals surface area contributed by atoms with E-state index in [1.165, 1.54) is 18.2 Å². The number of ether oxygens (including phenoxy) is 1. The summed E-state index contributed by atoms with van der Waals surface area (Å²) in [5.74, 6) is -0.335. The van der Waals surface area contributed by atoms with Crippen molar-refractivity contribution in [2.45, 2.75) is 12.3 Å². The van der Waals surface area contributed by atoms with Crippen molar-refractivity contribution in [1.29, 1.82) is 0 Å². The minimum atomic E-state index is -0.180. The summed E-state index contributed by atoms with van der Waals surface area (Å²) in [6.07, 6.45) is 0.722. The second-order valence-corrected chi connectivity index (χ2v) is 4.52. The molecule has 0 aromatic heterocycles. The molecule has 2 nitrogen and oxygen atoms in total. The minimum absolute atomic E-state index is 0.156. The van der Waals surface area contributed by atoms with Crippen LogP contribution in [0.2, 0.25) is 0 Å². The summed E-state index contributed by atoms with van der Waals surface area (Å²) in [6.45, 7) is 0. The Morgan fingerprint density at radius 1 is 1.06 bits per heavy atom. The lowest BCUT2D eigenvalue weighted by Crippen LogP contribution is -2.20. The first-order valence-corrected chi connectivity index (χ1v) is 6.06. The van der Waals surface area contributed by atoms with Gasteiger partial charge in [-0.2, -0.15) is 0 Å². The van der Waals surface area contributed by atoms with Gasteiger partial charge in [-0.25, -0.2) is 0 Å². The van der Waals surface area contributed by atoms with E-state index >= 15 is 0 Å². The third-order valence-corrected chi connectivity index (χ3v) is 3.55. The van der Waals surface area contributed by atoms with E-state index in [0.717, 1.165) is 17.5 Å². The fourth-order valence-electron chi connectivity index (χ4n) is 2.69. The summed E-state index contributed by atoms with van der Waals surface area (Å²) < 4.78 is 4.92. The Balaban J connectivity index is 2.20. The molecule has 0 aliphatic heterocycles. The lowest BCUT2D eigenvalue weighted by atomic mass is 9.79. The van der Waals surface area contributed by atoms with Gasteiger partial charge in [0.25, 0.3) is 0 Å². The second-order valence-electron chi connectivity index (χ2n) is 4.52. The lowest BCUT2D eigenvalue weighted by Gasteiger charge is -2.25. The summed E-state index contributed by atoms with van der Waals surface area (Å²) in [7, 11) is 1.45. The maximum Gasteiger partial charge on any atom is 0.313 e. The van der Waals surface area contributed by atoms with Crippen molar-refractivity contribution in [2.24, 2.45) is 0 Å². The van der Waals surface area contributed by atoms with E-state index in [0.29, 0.717) is 0 Å². The highest BCUT2D eigenvalue weighted by Gasteiger charge is 2.29. The molecule has 0 fully saturated rings. The van der Waals surface area contributed by atoms with E-state index < -0.39 is 0 Å². The number of benzene rings is 2. The van der Waals surface area contributed by atoms with Crippen LogP contribution in [-0.4, -0.2) is 13.1 Å². The number of carbonyl (C=O) groups is 1. The van der Waals surface area contributed by atoms with Gasteiger partial charge in [0.1, 0.15) is 0 Å². The molecule has 0 radical (unpaired) electrons. The predicted molar refractivity (Wildman–Crippen MR) is 70.3 cm³/mol. The van der Waals surface area contributed by atoms with E-state index in [9.17, 15) is 4.79 Å². The van der Waals surface area contributed by atoms with Crippen molar-refractivity contribution >= 4 is 5.97 Å². The highest BCUT2D eigenvalue weighted by molar-refractivity contribution is 5.86. The molecular formula is C16H14O2. The Morgan fingerprint density at radius 2 is 1.72 bits per heavy atom. The van der Waals surface area contributed by atoms with Crippen LogP contribution < -0.4 is 0 Å². The molecule has 0 saturated carbocycles. The molecule has 2 aromatic rings. The zero-order valence-corrected chi connectivity index (χ0v) is 10.2. The van der Waals surface area contributed by atoms with Crippen LogP contribution in [-0.2, 0) is 16.0 Å². The van der Waals surface area contributed by atoms with Crippen LogP contribution in [0.5, 0.6) is 0 Å². The summed E-state index contributed by atoms with van der Waals surface area (Å²) in [5, 5.41) is 0. The summed E-state index contributed by atoms with van der Waals surface area (Å²) in [6, 6.07) is 16.3. The average molecular weight is 238 g/mol. The smallest absolute Gasteiger partial charge is 0.313 e. The lowest BCUT2D eigenvalue weighted by molar-refractivity contribution is -0.142. The molecule has 1 atom stereocenters. The van der Waals surface area contributed by atoms with Gasteiger partial charge in [-0.05, 0) is 28.7 Å². The Labute approximate surface area is 106 Å². The number of hydrogen-bond donors (Lipinski definition) is 0. The molecule has 90 valence electrons. The van der Waals surface area contributed by atoms with E-state index in [2.05, 4.69) is 18.2 Å². The molecular weight excluding hydrogens is 224 g/mol. The number of methoxy groups -OCH3 is 1. The fourth-order valence-corrected chi connectivity index (χ4v) is 2.69. The third-order valence-electron chi connectivity index (χ3n) is 3.55. The van der Waals surface area contributed by atoms with Gasteiger partial charge >= 0.3 is 5.97 Å². The SMILES string of the molecule is COC(=O)C1Cc2ccccc2-c2ccccc21. The van der Waals surface area contributed by atoms with Gasteiger partial charge in [0.05, 0.1) is 13.0 Å². The van der Waals surface area contributed by atoms with E-state index in [1.54, 1.807) is 0 Å². The van der Waals surface area contributed by atoms with Crippen molar-refractivity contribution in [3.63, 3.8) is 0 Å². The molecule has 1 unspecified atom stereocenters. The van der Waals surface area contributed by atoms with E-state index in [-0.39, 0.29) is 11.9 Å². The summed E-state index contributed by atoms with van der Waals surface area (Å²) >= 11 is 0. The zero-order valence-electron chi connectivity index (χ0n) is 10.2. The second kappa shape index (κ2) is 4.30. The van der Waals surface area contributed by atoms with Gasteiger partial charge in [-0.15, -0.1) is 0 Å². The molecule has 2 heteroatoms. The van der Waals surface area contributed by atoms with Crippen LogP contribution in [0.1, 0.15) is 17.0 Å². The van der Waals surface area contributed by atoms with Gasteiger partial charge in [0, 0.05) is 0 Å².